The quantitative estimate of drug-likeness (QED) is 0.674. The van der Waals surface area contributed by atoms with E-state index in [9.17, 15) is 22.4 Å². The molecule has 1 atom stereocenters. The van der Waals surface area contributed by atoms with E-state index in [0.29, 0.717) is 12.1 Å². The van der Waals surface area contributed by atoms with Crippen molar-refractivity contribution in [1.82, 2.24) is 5.32 Å². The number of rotatable bonds is 5. The average molecular weight is 474 g/mol. The van der Waals surface area contributed by atoms with Crippen LogP contribution < -0.4 is 10.2 Å². The molecule has 4 rings (SSSR count). The van der Waals surface area contributed by atoms with E-state index in [2.05, 4.69) is 10.3 Å². The molecule has 2 heterocycles. The molecule has 0 aromatic heterocycles. The minimum absolute atomic E-state index is 0.0427. The van der Waals surface area contributed by atoms with E-state index in [-0.39, 0.29) is 39.9 Å². The van der Waals surface area contributed by atoms with E-state index in [1.54, 1.807) is 6.08 Å². The van der Waals surface area contributed by atoms with Crippen molar-refractivity contribution in [2.24, 2.45) is 4.99 Å². The van der Waals surface area contributed by atoms with Crippen molar-refractivity contribution >= 4 is 50.3 Å². The van der Waals surface area contributed by atoms with Gasteiger partial charge in [-0.1, -0.05) is 42.1 Å². The van der Waals surface area contributed by atoms with Crippen molar-refractivity contribution in [3.63, 3.8) is 0 Å². The molecule has 2 aliphatic heterocycles. The highest BCUT2D eigenvalue weighted by molar-refractivity contribution is 8.14. The predicted octanol–water partition coefficient (Wildman–Crippen LogP) is 2.61. The molecule has 2 aliphatic rings. The Balaban J connectivity index is 1.52. The average Bonchev–Trinajstić information content (AvgIpc) is 3.26. The molecule has 32 heavy (non-hydrogen) atoms. The number of nitrogens with zero attached hydrogens (tertiary/aromatic N) is 2. The number of amides is 2. The smallest absolute Gasteiger partial charge is 0.283 e. The first-order chi connectivity index (χ1) is 15.3. The first-order valence-electron chi connectivity index (χ1n) is 9.89. The summed E-state index contributed by atoms with van der Waals surface area (Å²) in [5.41, 5.74) is 1.43. The highest BCUT2D eigenvalue weighted by Gasteiger charge is 2.33. The van der Waals surface area contributed by atoms with Gasteiger partial charge in [0.2, 0.25) is 5.91 Å². The van der Waals surface area contributed by atoms with Gasteiger partial charge in [-0.25, -0.2) is 17.8 Å². The van der Waals surface area contributed by atoms with Crippen molar-refractivity contribution in [2.45, 2.75) is 12.5 Å². The molecule has 1 unspecified atom stereocenters. The van der Waals surface area contributed by atoms with Crippen molar-refractivity contribution in [3.8, 4) is 0 Å². The van der Waals surface area contributed by atoms with Crippen molar-refractivity contribution in [2.75, 3.05) is 22.2 Å². The Hall–Kier alpha value is -2.98. The van der Waals surface area contributed by atoms with Gasteiger partial charge >= 0.3 is 0 Å². The van der Waals surface area contributed by atoms with E-state index in [4.69, 9.17) is 0 Å². The molecule has 0 spiro atoms. The molecule has 1 N–H and O–H groups in total. The van der Waals surface area contributed by atoms with Crippen LogP contribution in [-0.4, -0.2) is 48.7 Å². The summed E-state index contributed by atoms with van der Waals surface area (Å²) >= 11 is 1.06. The van der Waals surface area contributed by atoms with Gasteiger partial charge in [0, 0.05) is 6.04 Å². The van der Waals surface area contributed by atoms with Gasteiger partial charge in [0.05, 0.1) is 22.9 Å². The molecule has 1 saturated heterocycles. The number of amidine groups is 1. The van der Waals surface area contributed by atoms with Crippen LogP contribution in [0.4, 0.5) is 10.1 Å². The zero-order valence-corrected chi connectivity index (χ0v) is 18.5. The number of aliphatic imine (C=N–C) groups is 1. The van der Waals surface area contributed by atoms with Gasteiger partial charge in [-0.15, -0.1) is 0 Å². The van der Waals surface area contributed by atoms with E-state index >= 15 is 0 Å². The standard InChI is InChI=1S/C22H20FN3O4S2/c23-16-6-8-18(9-7-16)26-21(28)19(12-15-4-2-1-3-5-15)25-22(26)31-13-20(27)24-17-10-11-32(29,30)14-17/h1-9,12,17H,10-11,13-14H2,(H,24,27). The minimum atomic E-state index is -3.10. The molecule has 2 amide bonds. The molecule has 2 aromatic carbocycles. The number of carbonyl (C=O) groups excluding carboxylic acids is 2. The first kappa shape index (κ1) is 22.2. The van der Waals surface area contributed by atoms with Crippen LogP contribution in [0.5, 0.6) is 0 Å². The third-order valence-electron chi connectivity index (χ3n) is 4.95. The third kappa shape index (κ3) is 5.25. The number of carbonyl (C=O) groups is 2. The largest absolute Gasteiger partial charge is 0.352 e. The molecular formula is C22H20FN3O4S2. The summed E-state index contributed by atoms with van der Waals surface area (Å²) in [6, 6.07) is 14.3. The maximum Gasteiger partial charge on any atom is 0.283 e. The zero-order valence-electron chi connectivity index (χ0n) is 16.9. The lowest BCUT2D eigenvalue weighted by atomic mass is 10.2. The Bertz CT molecular complexity index is 1200. The lowest BCUT2D eigenvalue weighted by molar-refractivity contribution is -0.119. The van der Waals surface area contributed by atoms with E-state index in [1.807, 2.05) is 30.3 Å². The van der Waals surface area contributed by atoms with Gasteiger partial charge in [0.1, 0.15) is 11.5 Å². The van der Waals surface area contributed by atoms with Gasteiger partial charge in [-0.3, -0.25) is 14.5 Å². The van der Waals surface area contributed by atoms with Crippen LogP contribution in [-0.2, 0) is 19.4 Å². The summed E-state index contributed by atoms with van der Waals surface area (Å²) in [4.78, 5) is 31.2. The summed E-state index contributed by atoms with van der Waals surface area (Å²) in [7, 11) is -3.10. The minimum Gasteiger partial charge on any atom is -0.352 e. The molecule has 7 nitrogen and oxygen atoms in total. The number of benzene rings is 2. The summed E-state index contributed by atoms with van der Waals surface area (Å²) in [6.45, 7) is 0. The monoisotopic (exact) mass is 473 g/mol. The van der Waals surface area contributed by atoms with Crippen molar-refractivity contribution in [3.05, 3.63) is 71.7 Å². The molecule has 2 aromatic rings. The third-order valence-corrected chi connectivity index (χ3v) is 7.65. The first-order valence-corrected chi connectivity index (χ1v) is 12.7. The SMILES string of the molecule is O=C(CSC1=NC(=Cc2ccccc2)C(=O)N1c1ccc(F)cc1)NC1CCS(=O)(=O)C1. The van der Waals surface area contributed by atoms with E-state index < -0.39 is 21.7 Å². The number of hydrogen-bond acceptors (Lipinski definition) is 6. The second-order valence-corrected chi connectivity index (χ2v) is 10.6. The summed E-state index contributed by atoms with van der Waals surface area (Å²) < 4.78 is 36.6. The van der Waals surface area contributed by atoms with Gasteiger partial charge in [-0.05, 0) is 42.3 Å². The van der Waals surface area contributed by atoms with Crippen LogP contribution in [0, 0.1) is 5.82 Å². The topological polar surface area (TPSA) is 95.9 Å². The van der Waals surface area contributed by atoms with Crippen LogP contribution in [0.25, 0.3) is 6.08 Å². The normalized spacial score (nSPS) is 21.1. The van der Waals surface area contributed by atoms with Crippen LogP contribution >= 0.6 is 11.8 Å². The Kier molecular flexibility index (Phi) is 6.43. The highest BCUT2D eigenvalue weighted by Crippen LogP contribution is 2.29. The Morgan fingerprint density at radius 1 is 1.19 bits per heavy atom. The zero-order chi connectivity index (χ0) is 22.7. The number of halogens is 1. The fourth-order valence-corrected chi connectivity index (χ4v) is 5.92. The lowest BCUT2D eigenvalue weighted by Crippen LogP contribution is -2.37. The van der Waals surface area contributed by atoms with E-state index in [0.717, 1.165) is 17.3 Å². The second-order valence-electron chi connectivity index (χ2n) is 7.41. The Labute approximate surface area is 189 Å². The summed E-state index contributed by atoms with van der Waals surface area (Å²) in [5, 5.41) is 3.01. The fraction of sp³-hybridized carbons (Fsp3) is 0.227. The summed E-state index contributed by atoms with van der Waals surface area (Å²) in [6.07, 6.45) is 2.04. The maximum absolute atomic E-state index is 13.4. The van der Waals surface area contributed by atoms with Crippen LogP contribution in [0.15, 0.2) is 65.3 Å². The number of nitrogens with one attached hydrogen (secondary N) is 1. The lowest BCUT2D eigenvalue weighted by Gasteiger charge is -2.18. The maximum atomic E-state index is 13.4. The second kappa shape index (κ2) is 9.25. The molecule has 0 saturated carbocycles. The summed E-state index contributed by atoms with van der Waals surface area (Å²) in [5.74, 6) is -1.19. The molecular weight excluding hydrogens is 453 g/mol. The number of sulfone groups is 1. The fourth-order valence-electron chi connectivity index (χ4n) is 3.43. The Morgan fingerprint density at radius 2 is 1.91 bits per heavy atom. The van der Waals surface area contributed by atoms with Crippen LogP contribution in [0.3, 0.4) is 0 Å². The molecule has 0 radical (unpaired) electrons. The van der Waals surface area contributed by atoms with Gasteiger partial charge < -0.3 is 5.32 Å². The van der Waals surface area contributed by atoms with Gasteiger partial charge in [0.25, 0.3) is 5.91 Å². The van der Waals surface area contributed by atoms with Crippen LogP contribution in [0.1, 0.15) is 12.0 Å². The Morgan fingerprint density at radius 3 is 2.56 bits per heavy atom. The number of anilines is 1. The van der Waals surface area contributed by atoms with Gasteiger partial charge in [0.15, 0.2) is 15.0 Å². The van der Waals surface area contributed by atoms with Crippen molar-refractivity contribution < 1.29 is 22.4 Å². The van der Waals surface area contributed by atoms with E-state index in [1.165, 1.54) is 29.2 Å². The van der Waals surface area contributed by atoms with Gasteiger partial charge in [-0.2, -0.15) is 0 Å². The molecule has 10 heteroatoms. The van der Waals surface area contributed by atoms with Crippen LogP contribution in [0.2, 0.25) is 0 Å². The molecule has 1 fully saturated rings. The van der Waals surface area contributed by atoms with Crippen molar-refractivity contribution in [1.29, 1.82) is 0 Å². The predicted molar refractivity (Wildman–Crippen MR) is 123 cm³/mol. The highest BCUT2D eigenvalue weighted by atomic mass is 32.2. The molecule has 0 aliphatic carbocycles. The number of thioether (sulfide) groups is 1. The molecule has 166 valence electrons. The number of hydrogen-bond donors (Lipinski definition) is 1. The molecule has 0 bridgehead atoms.